The number of aromatic nitrogens is 4. The molecule has 0 bridgehead atoms. The van der Waals surface area contributed by atoms with E-state index in [4.69, 9.17) is 21.7 Å². The third-order valence-corrected chi connectivity index (χ3v) is 5.32. The van der Waals surface area contributed by atoms with E-state index in [-0.39, 0.29) is 12.4 Å². The molecule has 0 amide bonds. The molecule has 0 aliphatic carbocycles. The molecule has 3 heterocycles. The quantitative estimate of drug-likeness (QED) is 0.449. The molecule has 0 radical (unpaired) electrons. The molecule has 9 nitrogen and oxygen atoms in total. The minimum absolute atomic E-state index is 0.255. The normalized spacial score (nSPS) is 17.1. The van der Waals surface area contributed by atoms with Gasteiger partial charge < -0.3 is 19.5 Å². The highest BCUT2D eigenvalue weighted by atomic mass is 32.1. The lowest BCUT2D eigenvalue weighted by molar-refractivity contribution is 0.114. The summed E-state index contributed by atoms with van der Waals surface area (Å²) in [7, 11) is 3.46. The molecule has 4 rings (SSSR count). The van der Waals surface area contributed by atoms with E-state index in [1.165, 1.54) is 0 Å². The fourth-order valence-electron chi connectivity index (χ4n) is 3.14. The van der Waals surface area contributed by atoms with Gasteiger partial charge in [0.25, 0.3) is 0 Å². The number of thiocarbonyl (C=S) groups is 1. The number of pyridine rings is 1. The molecule has 1 unspecified atom stereocenters. The van der Waals surface area contributed by atoms with Gasteiger partial charge in [-0.25, -0.2) is 14.6 Å². The number of aliphatic hydroxyl groups excluding tert-OH is 1. The second kappa shape index (κ2) is 8.74. The Hall–Kier alpha value is -3.08. The Kier molecular flexibility index (Phi) is 5.88. The summed E-state index contributed by atoms with van der Waals surface area (Å²) in [5, 5.41) is 18.0. The molecule has 1 aliphatic heterocycles. The van der Waals surface area contributed by atoms with Gasteiger partial charge >= 0.3 is 0 Å². The lowest BCUT2D eigenvalue weighted by atomic mass is 10.2. The number of nitrogens with zero attached hydrogens (tertiary/aromatic N) is 5. The lowest BCUT2D eigenvalue weighted by Crippen LogP contribution is -2.47. The van der Waals surface area contributed by atoms with Crippen molar-refractivity contribution in [2.24, 2.45) is 0 Å². The summed E-state index contributed by atoms with van der Waals surface area (Å²) in [5.41, 5.74) is 1.04. The van der Waals surface area contributed by atoms with Crippen molar-refractivity contribution in [3.05, 3.63) is 60.3 Å². The van der Waals surface area contributed by atoms with Crippen molar-refractivity contribution in [3.63, 3.8) is 0 Å². The number of anilines is 1. The van der Waals surface area contributed by atoms with Gasteiger partial charge in [-0.15, -0.1) is 0 Å². The second-order valence-electron chi connectivity index (χ2n) is 6.80. The van der Waals surface area contributed by atoms with Gasteiger partial charge in [-0.1, -0.05) is 24.4 Å². The summed E-state index contributed by atoms with van der Waals surface area (Å²) in [6, 6.07) is 10.9. The number of hydrogen-bond acceptors (Lipinski definition) is 8. The first-order chi connectivity index (χ1) is 14.5. The van der Waals surface area contributed by atoms with Crippen LogP contribution in [0.25, 0.3) is 0 Å². The average molecular weight is 427 g/mol. The maximum Gasteiger partial charge on any atom is 0.194 e. The molecule has 156 valence electrons. The van der Waals surface area contributed by atoms with Crippen LogP contribution in [-0.4, -0.2) is 56.6 Å². The smallest absolute Gasteiger partial charge is 0.194 e. The highest BCUT2D eigenvalue weighted by Gasteiger charge is 2.29. The highest BCUT2D eigenvalue weighted by Crippen LogP contribution is 2.28. The zero-order valence-electron chi connectivity index (χ0n) is 16.6. The summed E-state index contributed by atoms with van der Waals surface area (Å²) in [6.45, 7) is 0.782. The van der Waals surface area contributed by atoms with Gasteiger partial charge in [0.05, 0.1) is 19.7 Å². The van der Waals surface area contributed by atoms with Gasteiger partial charge in [-0.3, -0.25) is 5.32 Å². The van der Waals surface area contributed by atoms with Crippen LogP contribution in [0.5, 0.6) is 11.5 Å². The molecule has 30 heavy (non-hydrogen) atoms. The van der Waals surface area contributed by atoms with Crippen molar-refractivity contribution >= 4 is 23.0 Å². The summed E-state index contributed by atoms with van der Waals surface area (Å²) < 4.78 is 12.7. The minimum Gasteiger partial charge on any atom is -0.497 e. The molecule has 0 saturated carbocycles. The SMILES string of the molecule is COc1ccc(Cn2cnc(C(O)N[C@H]3COc4cccnc4N(C)C3=S)n2)cc1. The number of rotatable bonds is 6. The van der Waals surface area contributed by atoms with E-state index < -0.39 is 12.3 Å². The standard InChI is InChI=1S/C20H22N6O3S/c1-25-18-16(4-3-9-21-18)29-11-15(20(25)30)23-19(27)17-22-12-26(24-17)10-13-5-7-14(28-2)8-6-13/h3-9,12,15,19,23,27H,10-11H2,1-2H3/t15-,19?/m0/s1. The van der Waals surface area contributed by atoms with Crippen LogP contribution in [0.3, 0.4) is 0 Å². The van der Waals surface area contributed by atoms with E-state index in [2.05, 4.69) is 20.4 Å². The molecule has 0 spiro atoms. The van der Waals surface area contributed by atoms with Gasteiger partial charge in [0.15, 0.2) is 23.6 Å². The van der Waals surface area contributed by atoms with Gasteiger partial charge in [0, 0.05) is 13.2 Å². The Balaban J connectivity index is 1.41. The monoisotopic (exact) mass is 426 g/mol. The molecule has 1 aromatic carbocycles. The molecule has 0 fully saturated rings. The molecular weight excluding hydrogens is 404 g/mol. The molecular formula is C20H22N6O3S. The number of ether oxygens (including phenoxy) is 2. The van der Waals surface area contributed by atoms with Gasteiger partial charge in [-0.2, -0.15) is 5.10 Å². The maximum absolute atomic E-state index is 10.6. The number of nitrogens with one attached hydrogen (secondary N) is 1. The Morgan fingerprint density at radius 3 is 2.87 bits per heavy atom. The largest absolute Gasteiger partial charge is 0.497 e. The number of fused-ring (bicyclic) bond motifs is 1. The summed E-state index contributed by atoms with van der Waals surface area (Å²) in [4.78, 5) is 10.9. The van der Waals surface area contributed by atoms with Crippen molar-refractivity contribution in [2.75, 3.05) is 25.7 Å². The van der Waals surface area contributed by atoms with Gasteiger partial charge in [0.2, 0.25) is 0 Å². The van der Waals surface area contributed by atoms with Crippen molar-refractivity contribution in [3.8, 4) is 11.5 Å². The van der Waals surface area contributed by atoms with Crippen LogP contribution >= 0.6 is 12.2 Å². The van der Waals surface area contributed by atoms with Crippen LogP contribution in [0.15, 0.2) is 48.9 Å². The van der Waals surface area contributed by atoms with Crippen LogP contribution in [0.2, 0.25) is 0 Å². The van der Waals surface area contributed by atoms with Crippen LogP contribution in [0.4, 0.5) is 5.82 Å². The van der Waals surface area contributed by atoms with Crippen molar-refractivity contribution in [2.45, 2.75) is 18.8 Å². The molecule has 1 aliphatic rings. The molecule has 10 heteroatoms. The Morgan fingerprint density at radius 2 is 2.10 bits per heavy atom. The minimum atomic E-state index is -1.10. The first-order valence-electron chi connectivity index (χ1n) is 9.37. The van der Waals surface area contributed by atoms with Crippen molar-refractivity contribution in [1.29, 1.82) is 0 Å². The second-order valence-corrected chi connectivity index (χ2v) is 7.22. The van der Waals surface area contributed by atoms with Crippen LogP contribution in [0.1, 0.15) is 17.6 Å². The van der Waals surface area contributed by atoms with E-state index in [0.717, 1.165) is 11.3 Å². The van der Waals surface area contributed by atoms with Crippen molar-refractivity contribution in [1.82, 2.24) is 25.1 Å². The van der Waals surface area contributed by atoms with E-state index in [0.29, 0.717) is 23.1 Å². The molecule has 0 saturated heterocycles. The van der Waals surface area contributed by atoms with Crippen molar-refractivity contribution < 1.29 is 14.6 Å². The highest BCUT2D eigenvalue weighted by molar-refractivity contribution is 7.80. The number of methoxy groups -OCH3 is 1. The summed E-state index contributed by atoms with van der Waals surface area (Å²) in [5.74, 6) is 2.33. The van der Waals surface area contributed by atoms with Crippen LogP contribution in [0, 0.1) is 0 Å². The van der Waals surface area contributed by atoms with E-state index in [9.17, 15) is 5.11 Å². The Labute approximate surface area is 179 Å². The maximum atomic E-state index is 10.6. The molecule has 2 N–H and O–H groups in total. The first-order valence-corrected chi connectivity index (χ1v) is 9.78. The number of benzene rings is 1. The predicted molar refractivity (Wildman–Crippen MR) is 115 cm³/mol. The first kappa shape index (κ1) is 20.2. The average Bonchev–Trinajstić information content (AvgIpc) is 3.20. The Morgan fingerprint density at radius 1 is 1.30 bits per heavy atom. The topological polar surface area (TPSA) is 97.6 Å². The number of likely N-dealkylation sites (N-methyl/N-ethyl adjacent to an activating group) is 1. The number of aliphatic hydroxyl groups is 1. The third-order valence-electron chi connectivity index (χ3n) is 4.76. The van der Waals surface area contributed by atoms with E-state index >= 15 is 0 Å². The lowest BCUT2D eigenvalue weighted by Gasteiger charge is -2.24. The fourth-order valence-corrected chi connectivity index (χ4v) is 3.36. The zero-order valence-corrected chi connectivity index (χ0v) is 17.4. The Bertz CT molecular complexity index is 1030. The fraction of sp³-hybridized carbons (Fsp3) is 0.300. The molecule has 3 aromatic rings. The molecule has 2 aromatic heterocycles. The van der Waals surface area contributed by atoms with E-state index in [1.54, 1.807) is 35.3 Å². The van der Waals surface area contributed by atoms with Gasteiger partial charge in [0.1, 0.15) is 23.7 Å². The third kappa shape index (κ3) is 4.25. The van der Waals surface area contributed by atoms with E-state index in [1.807, 2.05) is 37.4 Å². The van der Waals surface area contributed by atoms with Gasteiger partial charge in [-0.05, 0) is 29.8 Å². The molecule has 2 atom stereocenters. The predicted octanol–water partition coefficient (Wildman–Crippen LogP) is 1.54. The number of hydrogen-bond donors (Lipinski definition) is 2. The summed E-state index contributed by atoms with van der Waals surface area (Å²) in [6.07, 6.45) is 2.16. The summed E-state index contributed by atoms with van der Waals surface area (Å²) >= 11 is 5.57. The van der Waals surface area contributed by atoms with Crippen LogP contribution < -0.4 is 19.7 Å². The van der Waals surface area contributed by atoms with Crippen LogP contribution in [-0.2, 0) is 6.54 Å². The zero-order chi connectivity index (χ0) is 21.1.